The average Bonchev–Trinajstić information content (AvgIpc) is 2.52. The lowest BCUT2D eigenvalue weighted by Gasteiger charge is -2.11. The van der Waals surface area contributed by atoms with E-state index in [-0.39, 0.29) is 5.91 Å². The molecule has 22 heavy (non-hydrogen) atoms. The Hall–Kier alpha value is -2.29. The largest absolute Gasteiger partial charge is 0.493 e. The molecule has 1 amide bonds. The van der Waals surface area contributed by atoms with E-state index in [0.29, 0.717) is 24.6 Å². The molecule has 0 heterocycles. The molecule has 0 saturated heterocycles. The fraction of sp³-hybridized carbons (Fsp3) is 0.316. The van der Waals surface area contributed by atoms with Crippen molar-refractivity contribution in [1.29, 1.82) is 0 Å². The van der Waals surface area contributed by atoms with Gasteiger partial charge < -0.3 is 10.1 Å². The highest BCUT2D eigenvalue weighted by molar-refractivity contribution is 5.94. The number of aryl methyl sites for hydroxylation is 1. The Morgan fingerprint density at radius 2 is 1.91 bits per heavy atom. The molecule has 0 aromatic heterocycles. The molecule has 0 fully saturated rings. The van der Waals surface area contributed by atoms with E-state index in [1.165, 1.54) is 5.56 Å². The van der Waals surface area contributed by atoms with Crippen LogP contribution in [0.4, 0.5) is 0 Å². The molecule has 3 heteroatoms. The van der Waals surface area contributed by atoms with Crippen LogP contribution in [0, 0.1) is 12.8 Å². The third kappa shape index (κ3) is 4.62. The summed E-state index contributed by atoms with van der Waals surface area (Å²) in [7, 11) is 0. The van der Waals surface area contributed by atoms with Gasteiger partial charge in [-0.05, 0) is 42.2 Å². The van der Waals surface area contributed by atoms with Gasteiger partial charge in [0.15, 0.2) is 0 Å². The molecule has 2 aromatic carbocycles. The van der Waals surface area contributed by atoms with Gasteiger partial charge in [-0.2, -0.15) is 0 Å². The van der Waals surface area contributed by atoms with E-state index in [1.54, 1.807) is 12.1 Å². The fourth-order valence-corrected chi connectivity index (χ4v) is 2.08. The van der Waals surface area contributed by atoms with E-state index in [2.05, 4.69) is 19.2 Å². The minimum absolute atomic E-state index is 0.0850. The standard InChI is InChI=1S/C19H23NO2/c1-14(2)13-22-18-10-6-9-16(11-18)19(21)20-12-17-8-5-4-7-15(17)3/h4-11,14H,12-13H2,1-3H3,(H,20,21). The molecule has 0 saturated carbocycles. The molecule has 2 rings (SSSR count). The molecule has 0 aliphatic carbocycles. The van der Waals surface area contributed by atoms with Crippen LogP contribution < -0.4 is 10.1 Å². The van der Waals surface area contributed by atoms with E-state index in [0.717, 1.165) is 11.3 Å². The van der Waals surface area contributed by atoms with Gasteiger partial charge in [-0.1, -0.05) is 44.2 Å². The third-order valence-corrected chi connectivity index (χ3v) is 3.38. The first kappa shape index (κ1) is 16.1. The maximum Gasteiger partial charge on any atom is 0.251 e. The Balaban J connectivity index is 1.97. The Bertz CT molecular complexity index is 635. The summed E-state index contributed by atoms with van der Waals surface area (Å²) in [6.45, 7) is 7.41. The van der Waals surface area contributed by atoms with Crippen LogP contribution in [0.5, 0.6) is 5.75 Å². The lowest BCUT2D eigenvalue weighted by Crippen LogP contribution is -2.23. The summed E-state index contributed by atoms with van der Waals surface area (Å²) in [4.78, 5) is 12.3. The van der Waals surface area contributed by atoms with Gasteiger partial charge in [0.2, 0.25) is 0 Å². The number of carbonyl (C=O) groups excluding carboxylic acids is 1. The van der Waals surface area contributed by atoms with Crippen LogP contribution >= 0.6 is 0 Å². The highest BCUT2D eigenvalue weighted by atomic mass is 16.5. The number of benzene rings is 2. The van der Waals surface area contributed by atoms with Crippen molar-refractivity contribution >= 4 is 5.91 Å². The van der Waals surface area contributed by atoms with Crippen LogP contribution in [0.1, 0.15) is 35.3 Å². The molecule has 2 aromatic rings. The first-order valence-electron chi connectivity index (χ1n) is 7.62. The predicted octanol–water partition coefficient (Wildman–Crippen LogP) is 3.96. The van der Waals surface area contributed by atoms with Crippen molar-refractivity contribution in [3.63, 3.8) is 0 Å². The first-order valence-corrected chi connectivity index (χ1v) is 7.62. The topological polar surface area (TPSA) is 38.3 Å². The van der Waals surface area contributed by atoms with Crippen LogP contribution in [0.2, 0.25) is 0 Å². The molecule has 1 N–H and O–H groups in total. The number of hydrogen-bond acceptors (Lipinski definition) is 2. The minimum Gasteiger partial charge on any atom is -0.493 e. The Kier molecular flexibility index (Phi) is 5.59. The van der Waals surface area contributed by atoms with E-state index in [9.17, 15) is 4.79 Å². The number of hydrogen-bond donors (Lipinski definition) is 1. The molecular weight excluding hydrogens is 274 g/mol. The van der Waals surface area contributed by atoms with Crippen molar-refractivity contribution in [2.75, 3.05) is 6.61 Å². The summed E-state index contributed by atoms with van der Waals surface area (Å²) in [5.41, 5.74) is 2.93. The zero-order valence-corrected chi connectivity index (χ0v) is 13.4. The van der Waals surface area contributed by atoms with Gasteiger partial charge in [0, 0.05) is 12.1 Å². The number of carbonyl (C=O) groups is 1. The number of ether oxygens (including phenoxy) is 1. The van der Waals surface area contributed by atoms with Crippen LogP contribution in [-0.4, -0.2) is 12.5 Å². The Morgan fingerprint density at radius 1 is 1.14 bits per heavy atom. The molecule has 116 valence electrons. The summed E-state index contributed by atoms with van der Waals surface area (Å²) in [6.07, 6.45) is 0. The van der Waals surface area contributed by atoms with E-state index < -0.39 is 0 Å². The van der Waals surface area contributed by atoms with Crippen molar-refractivity contribution in [2.45, 2.75) is 27.3 Å². The van der Waals surface area contributed by atoms with Gasteiger partial charge in [0.1, 0.15) is 5.75 Å². The Labute approximate surface area is 132 Å². The van der Waals surface area contributed by atoms with Crippen LogP contribution in [0.25, 0.3) is 0 Å². The quantitative estimate of drug-likeness (QED) is 0.876. The van der Waals surface area contributed by atoms with Crippen molar-refractivity contribution < 1.29 is 9.53 Å². The van der Waals surface area contributed by atoms with Gasteiger partial charge >= 0.3 is 0 Å². The smallest absolute Gasteiger partial charge is 0.251 e. The summed E-state index contributed by atoms with van der Waals surface area (Å²) >= 11 is 0. The van der Waals surface area contributed by atoms with E-state index in [1.807, 2.05) is 43.3 Å². The molecule has 0 bridgehead atoms. The van der Waals surface area contributed by atoms with E-state index in [4.69, 9.17) is 4.74 Å². The maximum atomic E-state index is 12.3. The summed E-state index contributed by atoms with van der Waals surface area (Å²) < 4.78 is 5.66. The zero-order valence-electron chi connectivity index (χ0n) is 13.4. The van der Waals surface area contributed by atoms with Crippen LogP contribution in [-0.2, 0) is 6.54 Å². The lowest BCUT2D eigenvalue weighted by molar-refractivity contribution is 0.0950. The van der Waals surface area contributed by atoms with Crippen molar-refractivity contribution in [3.8, 4) is 5.75 Å². The molecule has 0 aliphatic heterocycles. The molecule has 3 nitrogen and oxygen atoms in total. The second-order valence-electron chi connectivity index (χ2n) is 5.84. The minimum atomic E-state index is -0.0850. The highest BCUT2D eigenvalue weighted by Crippen LogP contribution is 2.15. The second-order valence-corrected chi connectivity index (χ2v) is 5.84. The zero-order chi connectivity index (χ0) is 15.9. The molecule has 0 radical (unpaired) electrons. The van der Waals surface area contributed by atoms with Crippen molar-refractivity contribution in [1.82, 2.24) is 5.32 Å². The maximum absolute atomic E-state index is 12.3. The molecule has 0 aliphatic rings. The van der Waals surface area contributed by atoms with Gasteiger partial charge in [0.25, 0.3) is 5.91 Å². The highest BCUT2D eigenvalue weighted by Gasteiger charge is 2.07. The lowest BCUT2D eigenvalue weighted by atomic mass is 10.1. The summed E-state index contributed by atoms with van der Waals surface area (Å²) in [6, 6.07) is 15.4. The molecule has 0 spiro atoms. The van der Waals surface area contributed by atoms with Gasteiger partial charge in [-0.3, -0.25) is 4.79 Å². The third-order valence-electron chi connectivity index (χ3n) is 3.38. The van der Waals surface area contributed by atoms with E-state index >= 15 is 0 Å². The van der Waals surface area contributed by atoms with Crippen LogP contribution in [0.3, 0.4) is 0 Å². The predicted molar refractivity (Wildman–Crippen MR) is 89.1 cm³/mol. The van der Waals surface area contributed by atoms with Gasteiger partial charge in [-0.15, -0.1) is 0 Å². The molecule has 0 atom stereocenters. The van der Waals surface area contributed by atoms with Gasteiger partial charge in [-0.25, -0.2) is 0 Å². The summed E-state index contributed by atoms with van der Waals surface area (Å²) in [5.74, 6) is 1.11. The fourth-order valence-electron chi connectivity index (χ4n) is 2.08. The average molecular weight is 297 g/mol. The second kappa shape index (κ2) is 7.64. The normalized spacial score (nSPS) is 10.5. The van der Waals surface area contributed by atoms with Crippen molar-refractivity contribution in [3.05, 3.63) is 65.2 Å². The number of amides is 1. The summed E-state index contributed by atoms with van der Waals surface area (Å²) in [5, 5.41) is 2.95. The first-order chi connectivity index (χ1) is 10.6. The van der Waals surface area contributed by atoms with Crippen molar-refractivity contribution in [2.24, 2.45) is 5.92 Å². The van der Waals surface area contributed by atoms with Gasteiger partial charge in [0.05, 0.1) is 6.61 Å². The molecule has 0 unspecified atom stereocenters. The number of rotatable bonds is 6. The molecular formula is C19H23NO2. The van der Waals surface area contributed by atoms with Crippen LogP contribution in [0.15, 0.2) is 48.5 Å². The Morgan fingerprint density at radius 3 is 2.64 bits per heavy atom. The number of nitrogens with one attached hydrogen (secondary N) is 1. The monoisotopic (exact) mass is 297 g/mol. The SMILES string of the molecule is Cc1ccccc1CNC(=O)c1cccc(OCC(C)C)c1.